The lowest BCUT2D eigenvalue weighted by molar-refractivity contribution is -0.155. The molecule has 1 unspecified atom stereocenters. The Labute approximate surface area is 125 Å². The van der Waals surface area contributed by atoms with Crippen LogP contribution in [0, 0.1) is 11.3 Å². The smallest absolute Gasteiger partial charge is 0.240 e. The van der Waals surface area contributed by atoms with Crippen molar-refractivity contribution in [3.8, 4) is 0 Å². The van der Waals surface area contributed by atoms with E-state index in [0.29, 0.717) is 11.5 Å². The highest BCUT2D eigenvalue weighted by molar-refractivity contribution is 5.88. The van der Waals surface area contributed by atoms with Gasteiger partial charge in [-0.25, -0.2) is 5.06 Å². The van der Waals surface area contributed by atoms with Crippen molar-refractivity contribution in [2.75, 3.05) is 6.54 Å². The minimum absolute atomic E-state index is 0.106. The molecule has 0 heterocycles. The Morgan fingerprint density at radius 2 is 1.95 bits per heavy atom. The Morgan fingerprint density at radius 3 is 2.33 bits per heavy atom. The first kappa shape index (κ1) is 19.4. The van der Waals surface area contributed by atoms with Crippen LogP contribution in [0.25, 0.3) is 0 Å². The normalized spacial score (nSPS) is 14.1. The fourth-order valence-electron chi connectivity index (χ4n) is 2.00. The molecule has 3 amide bonds. The first-order valence-electron chi connectivity index (χ1n) is 7.14. The molecule has 0 aliphatic rings. The van der Waals surface area contributed by atoms with Crippen LogP contribution in [0.5, 0.6) is 0 Å². The van der Waals surface area contributed by atoms with Crippen molar-refractivity contribution in [3.63, 3.8) is 0 Å². The molecule has 0 aromatic rings. The van der Waals surface area contributed by atoms with Crippen molar-refractivity contribution >= 4 is 18.2 Å². The molecule has 0 saturated carbocycles. The topological polar surface area (TPSA) is 113 Å². The first-order valence-corrected chi connectivity index (χ1v) is 7.14. The number of amides is 3. The number of carbonyl (C=O) groups excluding carboxylic acids is 3. The van der Waals surface area contributed by atoms with E-state index in [9.17, 15) is 19.6 Å². The summed E-state index contributed by atoms with van der Waals surface area (Å²) < 4.78 is 0. The second-order valence-electron chi connectivity index (χ2n) is 6.28. The van der Waals surface area contributed by atoms with E-state index in [0.717, 1.165) is 12.8 Å². The van der Waals surface area contributed by atoms with Gasteiger partial charge in [0, 0.05) is 0 Å². The Morgan fingerprint density at radius 1 is 1.38 bits per heavy atom. The van der Waals surface area contributed by atoms with E-state index in [4.69, 9.17) is 5.73 Å². The van der Waals surface area contributed by atoms with Crippen LogP contribution in [-0.2, 0) is 14.4 Å². The average molecular weight is 301 g/mol. The SMILES string of the molecule is CCCCC(CN(O)C=O)C(=O)N[C@H](C(N)=O)C(C)(C)C. The van der Waals surface area contributed by atoms with Gasteiger partial charge in [0.2, 0.25) is 18.2 Å². The Bertz CT molecular complexity index is 366. The Kier molecular flexibility index (Phi) is 7.94. The summed E-state index contributed by atoms with van der Waals surface area (Å²) in [6.45, 7) is 7.27. The zero-order valence-electron chi connectivity index (χ0n) is 13.3. The molecule has 0 rings (SSSR count). The van der Waals surface area contributed by atoms with Gasteiger partial charge in [0.15, 0.2) is 0 Å². The van der Waals surface area contributed by atoms with Crippen LogP contribution in [0.15, 0.2) is 0 Å². The minimum atomic E-state index is -0.808. The summed E-state index contributed by atoms with van der Waals surface area (Å²) in [6, 6.07) is -0.808. The lowest BCUT2D eigenvalue weighted by Gasteiger charge is -2.30. The van der Waals surface area contributed by atoms with E-state index in [-0.39, 0.29) is 18.9 Å². The second-order valence-corrected chi connectivity index (χ2v) is 6.28. The molecular formula is C14H27N3O4. The lowest BCUT2D eigenvalue weighted by Crippen LogP contribution is -2.54. The van der Waals surface area contributed by atoms with E-state index in [1.54, 1.807) is 20.8 Å². The quantitative estimate of drug-likeness (QED) is 0.330. The molecule has 0 aromatic heterocycles. The van der Waals surface area contributed by atoms with Crippen LogP contribution < -0.4 is 11.1 Å². The van der Waals surface area contributed by atoms with Gasteiger partial charge in [-0.1, -0.05) is 40.5 Å². The molecule has 122 valence electrons. The molecular weight excluding hydrogens is 274 g/mol. The van der Waals surface area contributed by atoms with E-state index in [1.807, 2.05) is 6.92 Å². The van der Waals surface area contributed by atoms with Crippen LogP contribution in [0.4, 0.5) is 0 Å². The molecule has 0 spiro atoms. The molecule has 7 nitrogen and oxygen atoms in total. The lowest BCUT2D eigenvalue weighted by atomic mass is 9.85. The summed E-state index contributed by atoms with van der Waals surface area (Å²) in [5.41, 5.74) is 4.82. The molecule has 0 radical (unpaired) electrons. The zero-order chi connectivity index (χ0) is 16.6. The summed E-state index contributed by atoms with van der Waals surface area (Å²) >= 11 is 0. The molecule has 0 saturated heterocycles. The molecule has 0 aromatic carbocycles. The van der Waals surface area contributed by atoms with Gasteiger partial charge in [-0.3, -0.25) is 19.6 Å². The molecule has 0 fully saturated rings. The molecule has 2 atom stereocenters. The van der Waals surface area contributed by atoms with E-state index >= 15 is 0 Å². The number of nitrogens with two attached hydrogens (primary N) is 1. The third-order valence-corrected chi connectivity index (χ3v) is 3.24. The Balaban J connectivity index is 4.92. The van der Waals surface area contributed by atoms with Crippen molar-refractivity contribution < 1.29 is 19.6 Å². The number of nitrogens with one attached hydrogen (secondary N) is 1. The number of unbranched alkanes of at least 4 members (excludes halogenated alkanes) is 1. The monoisotopic (exact) mass is 301 g/mol. The Hall–Kier alpha value is -1.63. The number of primary amides is 1. The zero-order valence-corrected chi connectivity index (χ0v) is 13.3. The third kappa shape index (κ3) is 7.08. The van der Waals surface area contributed by atoms with Gasteiger partial charge in [0.05, 0.1) is 12.5 Å². The predicted molar refractivity (Wildman–Crippen MR) is 78.2 cm³/mol. The highest BCUT2D eigenvalue weighted by Gasteiger charge is 2.33. The van der Waals surface area contributed by atoms with Crippen molar-refractivity contribution in [1.29, 1.82) is 0 Å². The fraction of sp³-hybridized carbons (Fsp3) is 0.786. The number of hydroxylamine groups is 2. The first-order chi connectivity index (χ1) is 9.63. The van der Waals surface area contributed by atoms with Crippen LogP contribution in [0.3, 0.4) is 0 Å². The number of nitrogens with zero attached hydrogens (tertiary/aromatic N) is 1. The third-order valence-electron chi connectivity index (χ3n) is 3.24. The van der Waals surface area contributed by atoms with Gasteiger partial charge in [0.1, 0.15) is 6.04 Å². The summed E-state index contributed by atoms with van der Waals surface area (Å²) in [7, 11) is 0. The maximum absolute atomic E-state index is 12.3. The fourth-order valence-corrected chi connectivity index (χ4v) is 2.00. The van der Waals surface area contributed by atoms with Crippen molar-refractivity contribution in [1.82, 2.24) is 10.4 Å². The average Bonchev–Trinajstić information content (AvgIpc) is 2.38. The number of carbonyl (C=O) groups is 3. The van der Waals surface area contributed by atoms with Crippen molar-refractivity contribution in [2.24, 2.45) is 17.1 Å². The van der Waals surface area contributed by atoms with Crippen LogP contribution in [0.2, 0.25) is 0 Å². The second kappa shape index (κ2) is 8.61. The molecule has 0 aliphatic heterocycles. The van der Waals surface area contributed by atoms with Crippen LogP contribution in [-0.4, -0.2) is 41.1 Å². The minimum Gasteiger partial charge on any atom is -0.368 e. The highest BCUT2D eigenvalue weighted by atomic mass is 16.5. The maximum atomic E-state index is 12.3. The summed E-state index contributed by atoms with van der Waals surface area (Å²) in [6.07, 6.45) is 2.43. The molecule has 4 N–H and O–H groups in total. The number of hydrogen-bond donors (Lipinski definition) is 3. The van der Waals surface area contributed by atoms with Gasteiger partial charge in [-0.2, -0.15) is 0 Å². The molecule has 0 bridgehead atoms. The standard InChI is InChI=1S/C14H27N3O4/c1-5-6-7-10(8-17(21)9-18)13(20)16-11(12(15)19)14(2,3)4/h9-11,21H,5-8H2,1-4H3,(H2,15,19)(H,16,20)/t10?,11-/m1/s1. The van der Waals surface area contributed by atoms with Gasteiger partial charge in [-0.15, -0.1) is 0 Å². The maximum Gasteiger partial charge on any atom is 0.240 e. The highest BCUT2D eigenvalue weighted by Crippen LogP contribution is 2.20. The number of hydrogen-bond acceptors (Lipinski definition) is 4. The van der Waals surface area contributed by atoms with Crippen LogP contribution in [0.1, 0.15) is 47.0 Å². The van der Waals surface area contributed by atoms with E-state index in [1.165, 1.54) is 0 Å². The van der Waals surface area contributed by atoms with E-state index < -0.39 is 23.3 Å². The van der Waals surface area contributed by atoms with Crippen LogP contribution >= 0.6 is 0 Å². The van der Waals surface area contributed by atoms with Crippen molar-refractivity contribution in [2.45, 2.75) is 53.0 Å². The van der Waals surface area contributed by atoms with E-state index in [2.05, 4.69) is 5.32 Å². The largest absolute Gasteiger partial charge is 0.368 e. The summed E-state index contributed by atoms with van der Waals surface area (Å²) in [5.74, 6) is -1.58. The van der Waals surface area contributed by atoms with Crippen molar-refractivity contribution in [3.05, 3.63) is 0 Å². The van der Waals surface area contributed by atoms with Gasteiger partial charge in [0.25, 0.3) is 0 Å². The predicted octanol–water partition coefficient (Wildman–Crippen LogP) is 0.657. The molecule has 21 heavy (non-hydrogen) atoms. The molecule has 0 aliphatic carbocycles. The molecule has 7 heteroatoms. The van der Waals surface area contributed by atoms with Gasteiger partial charge in [-0.05, 0) is 11.8 Å². The van der Waals surface area contributed by atoms with Gasteiger partial charge >= 0.3 is 0 Å². The van der Waals surface area contributed by atoms with Gasteiger partial charge < -0.3 is 11.1 Å². The summed E-state index contributed by atoms with van der Waals surface area (Å²) in [5, 5.41) is 12.3. The number of rotatable bonds is 9. The summed E-state index contributed by atoms with van der Waals surface area (Å²) in [4.78, 5) is 34.3.